The quantitative estimate of drug-likeness (QED) is 0.874. The van der Waals surface area contributed by atoms with Gasteiger partial charge in [0.15, 0.2) is 0 Å². The summed E-state index contributed by atoms with van der Waals surface area (Å²) in [6.45, 7) is 0. The molecule has 1 N–H and O–H groups in total. The van der Waals surface area contributed by atoms with Crippen molar-refractivity contribution in [3.63, 3.8) is 0 Å². The van der Waals surface area contributed by atoms with E-state index in [1.807, 2.05) is 19.2 Å². The zero-order valence-corrected chi connectivity index (χ0v) is 11.1. The van der Waals surface area contributed by atoms with Crippen LogP contribution in [0.1, 0.15) is 17.9 Å². The first-order valence-corrected chi connectivity index (χ1v) is 6.69. The number of hydrogen-bond acceptors (Lipinski definition) is 1. The third kappa shape index (κ3) is 2.29. The van der Waals surface area contributed by atoms with Gasteiger partial charge in [0.1, 0.15) is 0 Å². The zero-order chi connectivity index (χ0) is 12.5. The van der Waals surface area contributed by atoms with Crippen LogP contribution < -0.4 is 5.32 Å². The van der Waals surface area contributed by atoms with Gasteiger partial charge in [0, 0.05) is 17.0 Å². The second-order valence-corrected chi connectivity index (χ2v) is 5.30. The molecule has 1 saturated carbocycles. The van der Waals surface area contributed by atoms with Crippen LogP contribution in [0.25, 0.3) is 11.1 Å². The molecule has 18 heavy (non-hydrogen) atoms. The van der Waals surface area contributed by atoms with E-state index in [2.05, 4.69) is 41.7 Å². The van der Waals surface area contributed by atoms with Crippen LogP contribution in [0.3, 0.4) is 0 Å². The highest BCUT2D eigenvalue weighted by atomic mass is 35.5. The summed E-state index contributed by atoms with van der Waals surface area (Å²) in [5, 5.41) is 4.11. The van der Waals surface area contributed by atoms with Crippen LogP contribution in [0.15, 0.2) is 48.5 Å². The average molecular weight is 258 g/mol. The molecular formula is C16H16ClN. The van der Waals surface area contributed by atoms with Crippen molar-refractivity contribution < 1.29 is 0 Å². The fourth-order valence-electron chi connectivity index (χ4n) is 2.45. The summed E-state index contributed by atoms with van der Waals surface area (Å²) in [5.41, 5.74) is 3.90. The van der Waals surface area contributed by atoms with E-state index >= 15 is 0 Å². The smallest absolute Gasteiger partial charge is 0.0406 e. The lowest BCUT2D eigenvalue weighted by molar-refractivity contribution is 0.784. The first-order valence-electron chi connectivity index (χ1n) is 6.31. The van der Waals surface area contributed by atoms with Crippen LogP contribution in [0, 0.1) is 0 Å². The van der Waals surface area contributed by atoms with E-state index in [4.69, 9.17) is 11.6 Å². The molecule has 1 nitrogen and oxygen atoms in total. The van der Waals surface area contributed by atoms with E-state index in [9.17, 15) is 0 Å². The lowest BCUT2D eigenvalue weighted by atomic mass is 10.0. The summed E-state index contributed by atoms with van der Waals surface area (Å²) < 4.78 is 0. The minimum Gasteiger partial charge on any atom is -0.316 e. The molecule has 0 aliphatic heterocycles. The Kier molecular flexibility index (Phi) is 3.11. The van der Waals surface area contributed by atoms with Gasteiger partial charge < -0.3 is 5.32 Å². The lowest BCUT2D eigenvalue weighted by Gasteiger charge is -2.04. The minimum absolute atomic E-state index is 0.673. The monoisotopic (exact) mass is 257 g/mol. The minimum atomic E-state index is 0.673. The highest BCUT2D eigenvalue weighted by Gasteiger charge is 2.36. The van der Waals surface area contributed by atoms with Gasteiger partial charge in [-0.25, -0.2) is 0 Å². The number of benzene rings is 2. The van der Waals surface area contributed by atoms with Crippen molar-refractivity contribution in [2.45, 2.75) is 18.4 Å². The van der Waals surface area contributed by atoms with Crippen LogP contribution in [-0.4, -0.2) is 13.1 Å². The Bertz CT molecular complexity index is 530. The molecule has 2 atom stereocenters. The highest BCUT2D eigenvalue weighted by molar-refractivity contribution is 6.30. The Morgan fingerprint density at radius 2 is 1.50 bits per heavy atom. The summed E-state index contributed by atoms with van der Waals surface area (Å²) in [6, 6.07) is 17.5. The van der Waals surface area contributed by atoms with E-state index in [0.717, 1.165) is 5.02 Å². The molecule has 0 radical (unpaired) electrons. The third-order valence-electron chi connectivity index (χ3n) is 3.68. The number of likely N-dealkylation sites (N-methyl/N-ethyl adjacent to an activating group) is 1. The molecule has 2 heteroatoms. The van der Waals surface area contributed by atoms with Crippen molar-refractivity contribution in [2.24, 2.45) is 0 Å². The normalized spacial score (nSPS) is 21.9. The van der Waals surface area contributed by atoms with Gasteiger partial charge >= 0.3 is 0 Å². The number of hydrogen-bond donors (Lipinski definition) is 1. The van der Waals surface area contributed by atoms with Gasteiger partial charge in [0.05, 0.1) is 0 Å². The maximum absolute atomic E-state index is 5.90. The Morgan fingerprint density at radius 1 is 0.944 bits per heavy atom. The summed E-state index contributed by atoms with van der Waals surface area (Å²) in [6.07, 6.45) is 1.26. The Hall–Kier alpha value is -1.31. The number of rotatable bonds is 3. The van der Waals surface area contributed by atoms with Crippen molar-refractivity contribution in [2.75, 3.05) is 7.05 Å². The molecule has 1 aliphatic rings. The summed E-state index contributed by atoms with van der Waals surface area (Å²) >= 11 is 5.90. The van der Waals surface area contributed by atoms with Gasteiger partial charge in [-0.15, -0.1) is 0 Å². The molecule has 0 bridgehead atoms. The van der Waals surface area contributed by atoms with Crippen LogP contribution in [0.4, 0.5) is 0 Å². The van der Waals surface area contributed by atoms with Crippen LogP contribution in [-0.2, 0) is 0 Å². The van der Waals surface area contributed by atoms with Crippen molar-refractivity contribution in [1.29, 1.82) is 0 Å². The van der Waals surface area contributed by atoms with Crippen LogP contribution >= 0.6 is 11.6 Å². The second-order valence-electron chi connectivity index (χ2n) is 4.87. The highest BCUT2D eigenvalue weighted by Crippen LogP contribution is 2.40. The number of nitrogens with one attached hydrogen (secondary N) is 1. The van der Waals surface area contributed by atoms with Gasteiger partial charge in [-0.05, 0) is 42.3 Å². The summed E-state index contributed by atoms with van der Waals surface area (Å²) in [7, 11) is 2.03. The standard InChI is InChI=1S/C16H16ClN/c1-18-16-10-15(16)13-4-2-11(3-5-13)12-6-8-14(17)9-7-12/h2-9,15-16,18H,10H2,1H3/t15-,16+/m0/s1. The molecule has 0 saturated heterocycles. The van der Waals surface area contributed by atoms with E-state index in [0.29, 0.717) is 12.0 Å². The SMILES string of the molecule is CN[C@@H]1C[C@H]1c1ccc(-c2ccc(Cl)cc2)cc1. The lowest BCUT2D eigenvalue weighted by Crippen LogP contribution is -2.10. The van der Waals surface area contributed by atoms with Crippen molar-refractivity contribution in [3.8, 4) is 11.1 Å². The maximum Gasteiger partial charge on any atom is 0.0406 e. The van der Waals surface area contributed by atoms with Gasteiger partial charge in [0.2, 0.25) is 0 Å². The Morgan fingerprint density at radius 3 is 2.00 bits per heavy atom. The molecule has 1 aliphatic carbocycles. The molecule has 1 fully saturated rings. The summed E-state index contributed by atoms with van der Waals surface area (Å²) in [4.78, 5) is 0. The molecule has 2 aromatic rings. The molecule has 92 valence electrons. The van der Waals surface area contributed by atoms with E-state index in [1.165, 1.54) is 23.1 Å². The average Bonchev–Trinajstić information content (AvgIpc) is 3.19. The van der Waals surface area contributed by atoms with E-state index in [-0.39, 0.29) is 0 Å². The van der Waals surface area contributed by atoms with Crippen molar-refractivity contribution >= 4 is 11.6 Å². The fourth-order valence-corrected chi connectivity index (χ4v) is 2.57. The van der Waals surface area contributed by atoms with E-state index in [1.54, 1.807) is 0 Å². The zero-order valence-electron chi connectivity index (χ0n) is 10.4. The molecule has 0 unspecified atom stereocenters. The predicted octanol–water partition coefficient (Wildman–Crippen LogP) is 4.08. The van der Waals surface area contributed by atoms with Gasteiger partial charge in [-0.2, -0.15) is 0 Å². The molecular weight excluding hydrogens is 242 g/mol. The van der Waals surface area contributed by atoms with Crippen molar-refractivity contribution in [3.05, 3.63) is 59.1 Å². The van der Waals surface area contributed by atoms with Crippen LogP contribution in [0.2, 0.25) is 5.02 Å². The first-order chi connectivity index (χ1) is 8.78. The van der Waals surface area contributed by atoms with E-state index < -0.39 is 0 Å². The maximum atomic E-state index is 5.90. The molecule has 0 amide bonds. The second kappa shape index (κ2) is 4.75. The molecule has 0 spiro atoms. The van der Waals surface area contributed by atoms with Gasteiger partial charge in [-0.1, -0.05) is 48.0 Å². The predicted molar refractivity (Wildman–Crippen MR) is 77.1 cm³/mol. The molecule has 0 aromatic heterocycles. The van der Waals surface area contributed by atoms with Crippen LogP contribution in [0.5, 0.6) is 0 Å². The molecule has 0 heterocycles. The Balaban J connectivity index is 1.81. The number of halogens is 1. The topological polar surface area (TPSA) is 12.0 Å². The summed E-state index contributed by atoms with van der Waals surface area (Å²) in [5.74, 6) is 0.703. The largest absolute Gasteiger partial charge is 0.316 e. The van der Waals surface area contributed by atoms with Crippen molar-refractivity contribution in [1.82, 2.24) is 5.32 Å². The third-order valence-corrected chi connectivity index (χ3v) is 3.93. The molecule has 2 aromatic carbocycles. The molecule has 3 rings (SSSR count). The Labute approximate surface area is 113 Å². The van der Waals surface area contributed by atoms with Gasteiger partial charge in [-0.3, -0.25) is 0 Å². The first kappa shape index (κ1) is 11.8. The van der Waals surface area contributed by atoms with Gasteiger partial charge in [0.25, 0.3) is 0 Å². The fraction of sp³-hybridized carbons (Fsp3) is 0.250.